The van der Waals surface area contributed by atoms with Gasteiger partial charge in [-0.3, -0.25) is 14.9 Å². The molecular formula is C17H13N3O5. The minimum absolute atomic E-state index is 0.00887. The third-order valence-corrected chi connectivity index (χ3v) is 3.45. The maximum absolute atomic E-state index is 12.4. The first kappa shape index (κ1) is 16.2. The van der Waals surface area contributed by atoms with E-state index in [1.807, 2.05) is 18.2 Å². The molecule has 1 amide bonds. The number of nitrogens with one attached hydrogen (secondary N) is 1. The average molecular weight is 339 g/mol. The van der Waals surface area contributed by atoms with Crippen molar-refractivity contribution in [2.24, 2.45) is 0 Å². The molecule has 3 rings (SSSR count). The van der Waals surface area contributed by atoms with Crippen LogP contribution in [0.2, 0.25) is 0 Å². The number of anilines is 1. The van der Waals surface area contributed by atoms with Gasteiger partial charge in [-0.1, -0.05) is 18.2 Å². The number of rotatable bonds is 4. The molecule has 0 aliphatic rings. The van der Waals surface area contributed by atoms with Crippen molar-refractivity contribution in [3.63, 3.8) is 0 Å². The fourth-order valence-electron chi connectivity index (χ4n) is 2.25. The van der Waals surface area contributed by atoms with Crippen molar-refractivity contribution in [2.45, 2.75) is 6.92 Å². The number of carbonyl (C=O) groups is 1. The Labute approximate surface area is 141 Å². The van der Waals surface area contributed by atoms with Crippen molar-refractivity contribution >= 4 is 17.3 Å². The molecule has 0 saturated heterocycles. The van der Waals surface area contributed by atoms with E-state index in [4.69, 9.17) is 4.42 Å². The number of phenols is 1. The van der Waals surface area contributed by atoms with E-state index >= 15 is 0 Å². The molecule has 1 aromatic heterocycles. The molecule has 0 spiro atoms. The number of carbonyl (C=O) groups excluding carboxylic acids is 1. The lowest BCUT2D eigenvalue weighted by Crippen LogP contribution is -2.12. The maximum atomic E-state index is 12.4. The van der Waals surface area contributed by atoms with Gasteiger partial charge in [0.1, 0.15) is 0 Å². The number of amides is 1. The highest BCUT2D eigenvalue weighted by molar-refractivity contribution is 6.03. The number of hydrogen-bond acceptors (Lipinski definition) is 6. The third-order valence-electron chi connectivity index (χ3n) is 3.45. The predicted molar refractivity (Wildman–Crippen MR) is 89.4 cm³/mol. The summed E-state index contributed by atoms with van der Waals surface area (Å²) in [5.74, 6) is -0.758. The summed E-state index contributed by atoms with van der Waals surface area (Å²) in [5, 5.41) is 22.8. The van der Waals surface area contributed by atoms with E-state index in [1.165, 1.54) is 6.07 Å². The lowest BCUT2D eigenvalue weighted by Gasteiger charge is -2.04. The Morgan fingerprint density at radius 1 is 1.24 bits per heavy atom. The number of aromatic nitrogens is 1. The Bertz CT molecular complexity index is 950. The van der Waals surface area contributed by atoms with Gasteiger partial charge in [0.15, 0.2) is 5.75 Å². The molecule has 2 aromatic carbocycles. The second-order valence-corrected chi connectivity index (χ2v) is 5.21. The molecule has 126 valence electrons. The summed E-state index contributed by atoms with van der Waals surface area (Å²) in [6.45, 7) is 1.63. The van der Waals surface area contributed by atoms with Crippen LogP contribution in [0, 0.1) is 17.0 Å². The number of phenolic OH excluding ortho intramolecular Hbond substituents is 1. The Hall–Kier alpha value is -3.68. The monoisotopic (exact) mass is 339 g/mol. The predicted octanol–water partition coefficient (Wildman–Crippen LogP) is 3.52. The Morgan fingerprint density at radius 3 is 2.64 bits per heavy atom. The van der Waals surface area contributed by atoms with Crippen molar-refractivity contribution < 1.29 is 19.2 Å². The van der Waals surface area contributed by atoms with E-state index in [0.29, 0.717) is 11.6 Å². The van der Waals surface area contributed by atoms with Crippen LogP contribution >= 0.6 is 0 Å². The largest absolute Gasteiger partial charge is 0.502 e. The second kappa shape index (κ2) is 6.44. The van der Waals surface area contributed by atoms with Crippen LogP contribution in [0.4, 0.5) is 11.4 Å². The zero-order valence-electron chi connectivity index (χ0n) is 13.1. The highest BCUT2D eigenvalue weighted by Crippen LogP contribution is 2.29. The SMILES string of the molecule is Cc1nc(-c2ccccc2)oc1C(=O)Nc1ccc(O)c([N+](=O)[O-])c1. The minimum atomic E-state index is -0.738. The van der Waals surface area contributed by atoms with Crippen molar-refractivity contribution in [1.29, 1.82) is 0 Å². The molecule has 1 heterocycles. The summed E-state index contributed by atoms with van der Waals surface area (Å²) in [6, 6.07) is 12.7. The second-order valence-electron chi connectivity index (χ2n) is 5.21. The van der Waals surface area contributed by atoms with Crippen LogP contribution in [0.3, 0.4) is 0 Å². The number of benzene rings is 2. The number of hydrogen-bond donors (Lipinski definition) is 2. The van der Waals surface area contributed by atoms with Gasteiger partial charge >= 0.3 is 5.69 Å². The van der Waals surface area contributed by atoms with Gasteiger partial charge < -0.3 is 14.8 Å². The van der Waals surface area contributed by atoms with Crippen LogP contribution in [0.5, 0.6) is 5.75 Å². The number of nitro groups is 1. The number of oxazole rings is 1. The molecule has 0 radical (unpaired) electrons. The first-order chi connectivity index (χ1) is 12.0. The van der Waals surface area contributed by atoms with Crippen LogP contribution in [0.1, 0.15) is 16.2 Å². The summed E-state index contributed by atoms with van der Waals surface area (Å²) in [4.78, 5) is 26.7. The average Bonchev–Trinajstić information content (AvgIpc) is 2.99. The molecule has 0 aliphatic carbocycles. The Kier molecular flexibility index (Phi) is 4.17. The van der Waals surface area contributed by atoms with E-state index in [9.17, 15) is 20.0 Å². The van der Waals surface area contributed by atoms with Crippen LogP contribution in [0.25, 0.3) is 11.5 Å². The van der Waals surface area contributed by atoms with Gasteiger partial charge in [-0.2, -0.15) is 0 Å². The molecule has 8 nitrogen and oxygen atoms in total. The molecule has 2 N–H and O–H groups in total. The molecule has 0 fully saturated rings. The first-order valence-electron chi connectivity index (χ1n) is 7.27. The number of nitrogens with zero attached hydrogens (tertiary/aromatic N) is 2. The van der Waals surface area contributed by atoms with Crippen molar-refractivity contribution in [2.75, 3.05) is 5.32 Å². The standard InChI is InChI=1S/C17H13N3O5/c1-10-15(25-17(18-10)11-5-3-2-4-6-11)16(22)19-12-7-8-14(21)13(9-12)20(23)24/h2-9,21H,1H3,(H,19,22). The van der Waals surface area contributed by atoms with Crippen LogP contribution in [-0.4, -0.2) is 20.9 Å². The maximum Gasteiger partial charge on any atom is 0.312 e. The molecular weight excluding hydrogens is 326 g/mol. The van der Waals surface area contributed by atoms with Crippen LogP contribution in [-0.2, 0) is 0 Å². The lowest BCUT2D eigenvalue weighted by atomic mass is 10.2. The van der Waals surface area contributed by atoms with E-state index in [-0.39, 0.29) is 11.4 Å². The molecule has 0 bridgehead atoms. The van der Waals surface area contributed by atoms with E-state index in [0.717, 1.165) is 17.7 Å². The molecule has 25 heavy (non-hydrogen) atoms. The number of nitro benzene ring substituents is 1. The van der Waals surface area contributed by atoms with E-state index in [2.05, 4.69) is 10.3 Å². The van der Waals surface area contributed by atoms with Crippen LogP contribution in [0.15, 0.2) is 52.9 Å². The van der Waals surface area contributed by atoms with Crippen molar-refractivity contribution in [3.05, 3.63) is 70.1 Å². The molecule has 0 unspecified atom stereocenters. The van der Waals surface area contributed by atoms with E-state index in [1.54, 1.807) is 19.1 Å². The molecule has 3 aromatic rings. The summed E-state index contributed by atoms with van der Waals surface area (Å²) in [6.07, 6.45) is 0. The first-order valence-corrected chi connectivity index (χ1v) is 7.27. The third kappa shape index (κ3) is 3.32. The smallest absolute Gasteiger partial charge is 0.312 e. The fourth-order valence-corrected chi connectivity index (χ4v) is 2.25. The van der Waals surface area contributed by atoms with Gasteiger partial charge in [-0.15, -0.1) is 0 Å². The van der Waals surface area contributed by atoms with Crippen molar-refractivity contribution in [1.82, 2.24) is 4.98 Å². The number of aryl methyl sites for hydroxylation is 1. The highest BCUT2D eigenvalue weighted by Gasteiger charge is 2.20. The topological polar surface area (TPSA) is 118 Å². The summed E-state index contributed by atoms with van der Waals surface area (Å²) in [5.41, 5.74) is 0.776. The Morgan fingerprint density at radius 2 is 1.96 bits per heavy atom. The summed E-state index contributed by atoms with van der Waals surface area (Å²) < 4.78 is 5.53. The highest BCUT2D eigenvalue weighted by atomic mass is 16.6. The zero-order valence-corrected chi connectivity index (χ0v) is 13.1. The molecule has 0 atom stereocenters. The summed E-state index contributed by atoms with van der Waals surface area (Å²) >= 11 is 0. The van der Waals surface area contributed by atoms with Gasteiger partial charge in [0.25, 0.3) is 5.91 Å². The molecule has 0 saturated carbocycles. The lowest BCUT2D eigenvalue weighted by molar-refractivity contribution is -0.385. The fraction of sp³-hybridized carbons (Fsp3) is 0.0588. The van der Waals surface area contributed by atoms with Gasteiger partial charge in [0.2, 0.25) is 11.7 Å². The molecule has 8 heteroatoms. The van der Waals surface area contributed by atoms with Gasteiger partial charge in [0.05, 0.1) is 10.6 Å². The van der Waals surface area contributed by atoms with Gasteiger partial charge in [-0.05, 0) is 31.2 Å². The zero-order chi connectivity index (χ0) is 18.0. The van der Waals surface area contributed by atoms with Crippen LogP contribution < -0.4 is 5.32 Å². The minimum Gasteiger partial charge on any atom is -0.502 e. The normalized spacial score (nSPS) is 10.4. The number of aromatic hydroxyl groups is 1. The Balaban J connectivity index is 1.86. The van der Waals surface area contributed by atoms with E-state index < -0.39 is 22.3 Å². The van der Waals surface area contributed by atoms with Gasteiger partial charge in [-0.25, -0.2) is 4.98 Å². The van der Waals surface area contributed by atoms with Gasteiger partial charge in [0, 0.05) is 17.3 Å². The molecule has 0 aliphatic heterocycles. The summed E-state index contributed by atoms with van der Waals surface area (Å²) in [7, 11) is 0. The quantitative estimate of drug-likeness (QED) is 0.426. The van der Waals surface area contributed by atoms with Crippen molar-refractivity contribution in [3.8, 4) is 17.2 Å².